The van der Waals surface area contributed by atoms with Crippen LogP contribution in [0.15, 0.2) is 24.3 Å². The van der Waals surface area contributed by atoms with Crippen LogP contribution in [-0.4, -0.2) is 37.1 Å². The summed E-state index contributed by atoms with van der Waals surface area (Å²) in [6.07, 6.45) is 2.58. The molecular formula is C15H22ClN3O. The Morgan fingerprint density at radius 2 is 2.15 bits per heavy atom. The number of urea groups is 1. The number of hydrogen-bond acceptors (Lipinski definition) is 2. The number of likely N-dealkylation sites (tertiary alicyclic amines) is 1. The van der Waals surface area contributed by atoms with Gasteiger partial charge in [-0.1, -0.05) is 18.5 Å². The molecule has 0 aliphatic carbocycles. The van der Waals surface area contributed by atoms with Crippen molar-refractivity contribution in [3.63, 3.8) is 0 Å². The van der Waals surface area contributed by atoms with E-state index in [4.69, 9.17) is 11.6 Å². The highest BCUT2D eigenvalue weighted by Gasteiger charge is 2.15. The first-order valence-corrected chi connectivity index (χ1v) is 7.54. The van der Waals surface area contributed by atoms with Crippen molar-refractivity contribution in [2.75, 3.05) is 31.5 Å². The summed E-state index contributed by atoms with van der Waals surface area (Å²) in [6, 6.07) is 6.92. The van der Waals surface area contributed by atoms with Gasteiger partial charge in [0.05, 0.1) is 0 Å². The van der Waals surface area contributed by atoms with E-state index < -0.39 is 0 Å². The third kappa shape index (κ3) is 5.02. The van der Waals surface area contributed by atoms with E-state index >= 15 is 0 Å². The Morgan fingerprint density at radius 3 is 2.85 bits per heavy atom. The van der Waals surface area contributed by atoms with Crippen LogP contribution in [0.25, 0.3) is 0 Å². The lowest BCUT2D eigenvalue weighted by Crippen LogP contribution is -2.41. The molecule has 2 amide bonds. The molecule has 1 heterocycles. The highest BCUT2D eigenvalue weighted by Crippen LogP contribution is 2.15. The molecule has 1 aromatic carbocycles. The van der Waals surface area contributed by atoms with E-state index in [0.717, 1.165) is 31.2 Å². The number of anilines is 1. The summed E-state index contributed by atoms with van der Waals surface area (Å²) in [5.74, 6) is 0.770. The van der Waals surface area contributed by atoms with Gasteiger partial charge in [-0.25, -0.2) is 4.79 Å². The number of rotatable bonds is 4. The van der Waals surface area contributed by atoms with Crippen LogP contribution in [0.2, 0.25) is 5.02 Å². The maximum atomic E-state index is 11.7. The second kappa shape index (κ2) is 7.50. The van der Waals surface area contributed by atoms with Crippen LogP contribution in [0.1, 0.15) is 19.8 Å². The molecule has 0 saturated carbocycles. The van der Waals surface area contributed by atoms with Crippen LogP contribution < -0.4 is 10.6 Å². The molecule has 0 radical (unpaired) electrons. The van der Waals surface area contributed by atoms with Gasteiger partial charge in [0.15, 0.2) is 0 Å². The maximum Gasteiger partial charge on any atom is 0.319 e. The Bertz CT molecular complexity index is 435. The molecule has 0 spiro atoms. The summed E-state index contributed by atoms with van der Waals surface area (Å²) in [7, 11) is 0. The summed E-state index contributed by atoms with van der Waals surface area (Å²) in [4.78, 5) is 14.1. The Morgan fingerprint density at radius 1 is 1.40 bits per heavy atom. The zero-order valence-corrected chi connectivity index (χ0v) is 12.6. The molecule has 110 valence electrons. The number of hydrogen-bond donors (Lipinski definition) is 2. The van der Waals surface area contributed by atoms with E-state index in [1.807, 2.05) is 0 Å². The van der Waals surface area contributed by atoms with Gasteiger partial charge in [-0.3, -0.25) is 0 Å². The first-order valence-electron chi connectivity index (χ1n) is 7.16. The van der Waals surface area contributed by atoms with Gasteiger partial charge in [-0.15, -0.1) is 0 Å². The van der Waals surface area contributed by atoms with Crippen LogP contribution in [-0.2, 0) is 0 Å². The minimum Gasteiger partial charge on any atom is -0.337 e. The number of nitrogens with zero attached hydrogens (tertiary/aromatic N) is 1. The lowest BCUT2D eigenvalue weighted by Gasteiger charge is -2.30. The highest BCUT2D eigenvalue weighted by molar-refractivity contribution is 6.30. The van der Waals surface area contributed by atoms with Crippen molar-refractivity contribution in [1.82, 2.24) is 10.2 Å². The second-order valence-corrected chi connectivity index (χ2v) is 5.87. The largest absolute Gasteiger partial charge is 0.337 e. The van der Waals surface area contributed by atoms with Gasteiger partial charge in [0.1, 0.15) is 0 Å². The Hall–Kier alpha value is -1.26. The molecule has 1 aliphatic rings. The SMILES string of the molecule is C[C@H]1CCCN(CCNC(=O)Nc2ccc(Cl)cc2)C1. The van der Waals surface area contributed by atoms with E-state index in [2.05, 4.69) is 22.5 Å². The zero-order chi connectivity index (χ0) is 14.4. The Labute approximate surface area is 125 Å². The fourth-order valence-electron chi connectivity index (χ4n) is 2.53. The van der Waals surface area contributed by atoms with Gasteiger partial charge >= 0.3 is 6.03 Å². The molecule has 4 nitrogen and oxygen atoms in total. The van der Waals surface area contributed by atoms with Crippen molar-refractivity contribution in [2.45, 2.75) is 19.8 Å². The van der Waals surface area contributed by atoms with Gasteiger partial charge in [-0.2, -0.15) is 0 Å². The standard InChI is InChI=1S/C15H22ClN3O/c1-12-3-2-9-19(11-12)10-8-17-15(20)18-14-6-4-13(16)5-7-14/h4-7,12H,2-3,8-11H2,1H3,(H2,17,18,20)/t12-/m0/s1. The smallest absolute Gasteiger partial charge is 0.319 e. The number of amides is 2. The van der Waals surface area contributed by atoms with Gasteiger partial charge < -0.3 is 15.5 Å². The molecule has 1 saturated heterocycles. The van der Waals surface area contributed by atoms with Crippen molar-refractivity contribution in [3.8, 4) is 0 Å². The summed E-state index contributed by atoms with van der Waals surface area (Å²) in [5, 5.41) is 6.33. The minimum atomic E-state index is -0.169. The normalized spacial score (nSPS) is 19.6. The number of carbonyl (C=O) groups excluding carboxylic acids is 1. The molecule has 2 N–H and O–H groups in total. The first kappa shape index (κ1) is 15.1. The van der Waals surface area contributed by atoms with Crippen LogP contribution >= 0.6 is 11.6 Å². The van der Waals surface area contributed by atoms with Crippen LogP contribution in [0, 0.1) is 5.92 Å². The number of nitrogens with one attached hydrogen (secondary N) is 2. The third-order valence-corrected chi connectivity index (χ3v) is 3.81. The monoisotopic (exact) mass is 295 g/mol. The molecule has 0 aromatic heterocycles. The molecule has 1 atom stereocenters. The van der Waals surface area contributed by atoms with E-state index in [1.54, 1.807) is 24.3 Å². The predicted molar refractivity (Wildman–Crippen MR) is 83.3 cm³/mol. The average molecular weight is 296 g/mol. The molecule has 0 unspecified atom stereocenters. The summed E-state index contributed by atoms with van der Waals surface area (Å²) < 4.78 is 0. The Balaban J connectivity index is 1.66. The van der Waals surface area contributed by atoms with Crippen molar-refractivity contribution in [1.29, 1.82) is 0 Å². The summed E-state index contributed by atoms with van der Waals surface area (Å²) in [6.45, 7) is 6.16. The Kier molecular flexibility index (Phi) is 5.68. The summed E-state index contributed by atoms with van der Waals surface area (Å²) >= 11 is 5.80. The molecule has 1 aliphatic heterocycles. The van der Waals surface area contributed by atoms with E-state index in [9.17, 15) is 4.79 Å². The fourth-order valence-corrected chi connectivity index (χ4v) is 2.65. The molecule has 20 heavy (non-hydrogen) atoms. The zero-order valence-electron chi connectivity index (χ0n) is 11.9. The fraction of sp³-hybridized carbons (Fsp3) is 0.533. The van der Waals surface area contributed by atoms with Crippen molar-refractivity contribution in [3.05, 3.63) is 29.3 Å². The van der Waals surface area contributed by atoms with Gasteiger partial charge in [0.2, 0.25) is 0 Å². The van der Waals surface area contributed by atoms with Crippen LogP contribution in [0.5, 0.6) is 0 Å². The van der Waals surface area contributed by atoms with E-state index in [1.165, 1.54) is 12.8 Å². The molecular weight excluding hydrogens is 274 g/mol. The van der Waals surface area contributed by atoms with Crippen molar-refractivity contribution in [2.24, 2.45) is 5.92 Å². The van der Waals surface area contributed by atoms with Gasteiger partial charge in [-0.05, 0) is 49.6 Å². The lowest BCUT2D eigenvalue weighted by atomic mass is 10.0. The van der Waals surface area contributed by atoms with Crippen molar-refractivity contribution >= 4 is 23.3 Å². The van der Waals surface area contributed by atoms with Gasteiger partial charge in [0.25, 0.3) is 0 Å². The second-order valence-electron chi connectivity index (χ2n) is 5.44. The van der Waals surface area contributed by atoms with Crippen LogP contribution in [0.4, 0.5) is 10.5 Å². The van der Waals surface area contributed by atoms with E-state index in [0.29, 0.717) is 11.6 Å². The summed E-state index contributed by atoms with van der Waals surface area (Å²) in [5.41, 5.74) is 0.749. The molecule has 1 fully saturated rings. The minimum absolute atomic E-state index is 0.169. The molecule has 0 bridgehead atoms. The topological polar surface area (TPSA) is 44.4 Å². The third-order valence-electron chi connectivity index (χ3n) is 3.56. The van der Waals surface area contributed by atoms with Gasteiger partial charge in [0, 0.05) is 30.3 Å². The average Bonchev–Trinajstić information content (AvgIpc) is 2.41. The van der Waals surface area contributed by atoms with Crippen LogP contribution in [0.3, 0.4) is 0 Å². The number of benzene rings is 1. The van der Waals surface area contributed by atoms with E-state index in [-0.39, 0.29) is 6.03 Å². The maximum absolute atomic E-state index is 11.7. The number of halogens is 1. The number of piperidine rings is 1. The van der Waals surface area contributed by atoms with Crippen molar-refractivity contribution < 1.29 is 4.79 Å². The number of carbonyl (C=O) groups is 1. The highest BCUT2D eigenvalue weighted by atomic mass is 35.5. The molecule has 2 rings (SSSR count). The molecule has 1 aromatic rings. The lowest BCUT2D eigenvalue weighted by molar-refractivity contribution is 0.184. The predicted octanol–water partition coefficient (Wildman–Crippen LogP) is 3.19. The molecule has 5 heteroatoms. The first-order chi connectivity index (χ1) is 9.63. The quantitative estimate of drug-likeness (QED) is 0.896.